The summed E-state index contributed by atoms with van der Waals surface area (Å²) >= 11 is 0. The van der Waals surface area contributed by atoms with Crippen molar-refractivity contribution in [3.63, 3.8) is 0 Å². The SMILES string of the molecule is C#CCc1cc(C)ccc1S(=O)(=O)NC(=O)OCC. The first-order valence-corrected chi connectivity index (χ1v) is 7.11. The second-order valence-electron chi connectivity index (χ2n) is 3.82. The Morgan fingerprint density at radius 1 is 1.47 bits per heavy atom. The Balaban J connectivity index is 3.14. The van der Waals surface area contributed by atoms with E-state index in [1.807, 2.05) is 11.6 Å². The van der Waals surface area contributed by atoms with Crippen LogP contribution >= 0.6 is 0 Å². The summed E-state index contributed by atoms with van der Waals surface area (Å²) in [5.41, 5.74) is 1.36. The van der Waals surface area contributed by atoms with Gasteiger partial charge in [-0.05, 0) is 25.5 Å². The summed E-state index contributed by atoms with van der Waals surface area (Å²) in [7, 11) is -3.97. The fraction of sp³-hybridized carbons (Fsp3) is 0.308. The van der Waals surface area contributed by atoms with E-state index in [0.717, 1.165) is 5.56 Å². The van der Waals surface area contributed by atoms with Gasteiger partial charge in [-0.15, -0.1) is 12.3 Å². The number of amides is 1. The fourth-order valence-corrected chi connectivity index (χ4v) is 2.66. The number of ether oxygens (including phenoxy) is 1. The molecule has 0 aliphatic carbocycles. The number of hydrogen-bond donors (Lipinski definition) is 1. The lowest BCUT2D eigenvalue weighted by Crippen LogP contribution is -2.31. The molecule has 19 heavy (non-hydrogen) atoms. The van der Waals surface area contributed by atoms with Gasteiger partial charge in [-0.3, -0.25) is 0 Å². The third-order valence-electron chi connectivity index (χ3n) is 2.29. The molecule has 0 heterocycles. The number of rotatable bonds is 4. The number of carbonyl (C=O) groups excluding carboxylic acids is 1. The molecule has 5 nitrogen and oxygen atoms in total. The maximum absolute atomic E-state index is 12.0. The highest BCUT2D eigenvalue weighted by Crippen LogP contribution is 2.18. The van der Waals surface area contributed by atoms with Crippen LogP contribution in [0.3, 0.4) is 0 Å². The van der Waals surface area contributed by atoms with Gasteiger partial charge in [-0.1, -0.05) is 17.7 Å². The van der Waals surface area contributed by atoms with Crippen molar-refractivity contribution in [1.82, 2.24) is 4.72 Å². The van der Waals surface area contributed by atoms with Crippen LogP contribution < -0.4 is 4.72 Å². The highest BCUT2D eigenvalue weighted by Gasteiger charge is 2.21. The van der Waals surface area contributed by atoms with Crippen molar-refractivity contribution in [1.29, 1.82) is 0 Å². The van der Waals surface area contributed by atoms with Crippen LogP contribution in [0.1, 0.15) is 18.1 Å². The molecule has 0 spiro atoms. The van der Waals surface area contributed by atoms with Crippen molar-refractivity contribution in [3.8, 4) is 12.3 Å². The molecule has 1 rings (SSSR count). The maximum Gasteiger partial charge on any atom is 0.421 e. The van der Waals surface area contributed by atoms with E-state index in [1.165, 1.54) is 6.07 Å². The molecule has 0 fully saturated rings. The summed E-state index contributed by atoms with van der Waals surface area (Å²) in [6.45, 7) is 3.50. The van der Waals surface area contributed by atoms with Crippen LogP contribution in [0.5, 0.6) is 0 Å². The quantitative estimate of drug-likeness (QED) is 0.851. The van der Waals surface area contributed by atoms with Crippen LogP contribution in [0.25, 0.3) is 0 Å². The minimum atomic E-state index is -3.97. The van der Waals surface area contributed by atoms with E-state index in [2.05, 4.69) is 10.7 Å². The number of terminal acetylenes is 1. The average molecular weight is 281 g/mol. The zero-order chi connectivity index (χ0) is 14.5. The maximum atomic E-state index is 12.0. The Kier molecular flexibility index (Phi) is 4.95. The van der Waals surface area contributed by atoms with Gasteiger partial charge in [0.15, 0.2) is 0 Å². The molecule has 0 bridgehead atoms. The highest BCUT2D eigenvalue weighted by atomic mass is 32.2. The van der Waals surface area contributed by atoms with Gasteiger partial charge < -0.3 is 4.74 Å². The van der Waals surface area contributed by atoms with Crippen LogP contribution in [-0.4, -0.2) is 21.1 Å². The standard InChI is InChI=1S/C13H15NO4S/c1-4-6-11-9-10(3)7-8-12(11)19(16,17)14-13(15)18-5-2/h1,7-9H,5-6H2,2-3H3,(H,14,15). The minimum Gasteiger partial charge on any atom is -0.449 e. The molecule has 1 aromatic carbocycles. The molecule has 1 aromatic rings. The summed E-state index contributed by atoms with van der Waals surface area (Å²) in [5, 5.41) is 0. The summed E-state index contributed by atoms with van der Waals surface area (Å²) in [6.07, 6.45) is 4.38. The van der Waals surface area contributed by atoms with Crippen molar-refractivity contribution in [2.45, 2.75) is 25.2 Å². The Labute approximate surface area is 113 Å². The molecule has 1 N–H and O–H groups in total. The second kappa shape index (κ2) is 6.25. The fourth-order valence-electron chi connectivity index (χ4n) is 1.54. The molecule has 0 aliphatic rings. The smallest absolute Gasteiger partial charge is 0.421 e. The number of aryl methyl sites for hydroxylation is 1. The van der Waals surface area contributed by atoms with Crippen LogP contribution in [-0.2, 0) is 21.2 Å². The first-order valence-electron chi connectivity index (χ1n) is 5.63. The Bertz CT molecular complexity index is 614. The molecular weight excluding hydrogens is 266 g/mol. The first kappa shape index (κ1) is 15.1. The summed E-state index contributed by atoms with van der Waals surface area (Å²) in [5.74, 6) is 2.39. The third kappa shape index (κ3) is 4.00. The van der Waals surface area contributed by atoms with Crippen LogP contribution in [0.4, 0.5) is 4.79 Å². The van der Waals surface area contributed by atoms with Crippen molar-refractivity contribution >= 4 is 16.1 Å². The molecule has 6 heteroatoms. The summed E-state index contributed by atoms with van der Waals surface area (Å²) in [6, 6.07) is 4.74. The van der Waals surface area contributed by atoms with Gasteiger partial charge in [0.2, 0.25) is 0 Å². The van der Waals surface area contributed by atoms with E-state index in [-0.39, 0.29) is 17.9 Å². The second-order valence-corrected chi connectivity index (χ2v) is 5.47. The lowest BCUT2D eigenvalue weighted by molar-refractivity contribution is 0.158. The molecule has 0 unspecified atom stereocenters. The number of hydrogen-bond acceptors (Lipinski definition) is 4. The monoisotopic (exact) mass is 281 g/mol. The lowest BCUT2D eigenvalue weighted by atomic mass is 10.1. The zero-order valence-corrected chi connectivity index (χ0v) is 11.6. The number of carbonyl (C=O) groups is 1. The number of sulfonamides is 1. The largest absolute Gasteiger partial charge is 0.449 e. The Hall–Kier alpha value is -2.00. The van der Waals surface area contributed by atoms with Crippen molar-refractivity contribution in [2.75, 3.05) is 6.61 Å². The predicted octanol–water partition coefficient (Wildman–Crippen LogP) is 1.61. The predicted molar refractivity (Wildman–Crippen MR) is 71.1 cm³/mol. The summed E-state index contributed by atoms with van der Waals surface area (Å²) < 4.78 is 30.5. The van der Waals surface area contributed by atoms with Crippen LogP contribution in [0.15, 0.2) is 23.1 Å². The molecule has 1 amide bonds. The van der Waals surface area contributed by atoms with E-state index >= 15 is 0 Å². The molecule has 0 saturated carbocycles. The van der Waals surface area contributed by atoms with E-state index in [4.69, 9.17) is 6.42 Å². The highest BCUT2D eigenvalue weighted by molar-refractivity contribution is 7.90. The van der Waals surface area contributed by atoms with Gasteiger partial charge in [0, 0.05) is 6.42 Å². The molecule has 0 aromatic heterocycles. The van der Waals surface area contributed by atoms with Gasteiger partial charge in [-0.25, -0.2) is 17.9 Å². The molecule has 0 saturated heterocycles. The number of nitrogens with one attached hydrogen (secondary N) is 1. The van der Waals surface area contributed by atoms with E-state index in [9.17, 15) is 13.2 Å². The molecule has 0 atom stereocenters. The third-order valence-corrected chi connectivity index (χ3v) is 3.70. The lowest BCUT2D eigenvalue weighted by Gasteiger charge is -2.10. The topological polar surface area (TPSA) is 72.5 Å². The van der Waals surface area contributed by atoms with Crippen LogP contribution in [0.2, 0.25) is 0 Å². The Morgan fingerprint density at radius 3 is 2.74 bits per heavy atom. The average Bonchev–Trinajstić information content (AvgIpc) is 2.28. The normalized spacial score (nSPS) is 10.6. The number of benzene rings is 1. The summed E-state index contributed by atoms with van der Waals surface area (Å²) in [4.78, 5) is 11.2. The van der Waals surface area contributed by atoms with Gasteiger partial charge >= 0.3 is 6.09 Å². The van der Waals surface area contributed by atoms with Crippen molar-refractivity contribution < 1.29 is 17.9 Å². The van der Waals surface area contributed by atoms with E-state index in [1.54, 1.807) is 19.1 Å². The molecule has 0 aliphatic heterocycles. The van der Waals surface area contributed by atoms with Gasteiger partial charge in [0.25, 0.3) is 10.0 Å². The van der Waals surface area contributed by atoms with Crippen LogP contribution in [0, 0.1) is 19.3 Å². The molecule has 0 radical (unpaired) electrons. The molecular formula is C13H15NO4S. The van der Waals surface area contributed by atoms with E-state index < -0.39 is 16.1 Å². The van der Waals surface area contributed by atoms with Gasteiger partial charge in [0.05, 0.1) is 11.5 Å². The zero-order valence-electron chi connectivity index (χ0n) is 10.8. The van der Waals surface area contributed by atoms with E-state index in [0.29, 0.717) is 5.56 Å². The van der Waals surface area contributed by atoms with Gasteiger partial charge in [0.1, 0.15) is 0 Å². The van der Waals surface area contributed by atoms with Crippen molar-refractivity contribution in [2.24, 2.45) is 0 Å². The molecule has 102 valence electrons. The van der Waals surface area contributed by atoms with Gasteiger partial charge in [-0.2, -0.15) is 0 Å². The van der Waals surface area contributed by atoms with Crippen molar-refractivity contribution in [3.05, 3.63) is 29.3 Å². The Morgan fingerprint density at radius 2 is 2.16 bits per heavy atom. The first-order chi connectivity index (χ1) is 8.90. The minimum absolute atomic E-state index is 0.0101.